The first-order valence-electron chi connectivity index (χ1n) is 12.0. The van der Waals surface area contributed by atoms with E-state index in [2.05, 4.69) is 65.2 Å². The van der Waals surface area contributed by atoms with Crippen LogP contribution in [0, 0.1) is 12.7 Å². The number of aryl methyl sites for hydroxylation is 1. The molecule has 202 valence electrons. The molecule has 37 heavy (non-hydrogen) atoms. The largest absolute Gasteiger partial charge is 0.467 e. The minimum atomic E-state index is -2.22. The molecule has 0 amide bonds. The van der Waals surface area contributed by atoms with Gasteiger partial charge in [0.05, 0.1) is 36.7 Å². The molecule has 1 aliphatic heterocycles. The second kappa shape index (κ2) is 11.5. The highest BCUT2D eigenvalue weighted by Crippen LogP contribution is 2.38. The van der Waals surface area contributed by atoms with E-state index in [1.807, 2.05) is 6.92 Å². The summed E-state index contributed by atoms with van der Waals surface area (Å²) in [5.41, 5.74) is 11.7. The summed E-state index contributed by atoms with van der Waals surface area (Å²) in [4.78, 5) is 31.7. The molecule has 0 spiro atoms. The molecule has 0 saturated heterocycles. The molecule has 12 heteroatoms. The minimum Gasteiger partial charge on any atom is -0.467 e. The summed E-state index contributed by atoms with van der Waals surface area (Å²) in [7, 11) is -0.869. The van der Waals surface area contributed by atoms with E-state index < -0.39 is 20.4 Å². The van der Waals surface area contributed by atoms with Crippen LogP contribution in [0.25, 0.3) is 0 Å². The number of nitrogens with two attached hydrogens (primary N) is 1. The number of hydroxylamine groups is 1. The summed E-state index contributed by atoms with van der Waals surface area (Å²) in [6.07, 6.45) is 0.000538. The van der Waals surface area contributed by atoms with Crippen LogP contribution in [-0.2, 0) is 25.2 Å². The Hall–Kier alpha value is -2.41. The van der Waals surface area contributed by atoms with Gasteiger partial charge in [0.15, 0.2) is 14.2 Å². The summed E-state index contributed by atoms with van der Waals surface area (Å²) >= 11 is 3.44. The van der Waals surface area contributed by atoms with Crippen LogP contribution in [0.15, 0.2) is 27.7 Å². The summed E-state index contributed by atoms with van der Waals surface area (Å²) in [5.74, 6) is -0.186. The van der Waals surface area contributed by atoms with Crippen LogP contribution < -0.4 is 11.2 Å². The van der Waals surface area contributed by atoms with Crippen molar-refractivity contribution < 1.29 is 23.2 Å². The van der Waals surface area contributed by atoms with Crippen molar-refractivity contribution in [2.75, 3.05) is 19.5 Å². The average molecular weight is 597 g/mol. The third-order valence-electron chi connectivity index (χ3n) is 6.77. The third kappa shape index (κ3) is 6.92. The Labute approximate surface area is 226 Å². The Balaban J connectivity index is 1.79. The normalized spacial score (nSPS) is 16.6. The SMILES string of the molecule is COC(=O)[C@H](CCONC1=N[C@@H](c2ccc(F)cc2Br)Cc2nc(N)nc(C)c21)O[Si](C)(C)C(C)(C)C. The number of aromatic nitrogens is 2. The molecule has 0 bridgehead atoms. The molecule has 3 N–H and O–H groups in total. The van der Waals surface area contributed by atoms with Gasteiger partial charge in [0.1, 0.15) is 11.9 Å². The van der Waals surface area contributed by atoms with Crippen molar-refractivity contribution >= 4 is 42.0 Å². The Kier molecular flexibility index (Phi) is 9.09. The van der Waals surface area contributed by atoms with Crippen molar-refractivity contribution in [3.8, 4) is 0 Å². The third-order valence-corrected chi connectivity index (χ3v) is 11.9. The number of hydrogen-bond acceptors (Lipinski definition) is 9. The number of hydrogen-bond donors (Lipinski definition) is 2. The van der Waals surface area contributed by atoms with E-state index in [0.29, 0.717) is 33.7 Å². The second-order valence-electron chi connectivity index (χ2n) is 10.5. The highest BCUT2D eigenvalue weighted by molar-refractivity contribution is 9.10. The van der Waals surface area contributed by atoms with Gasteiger partial charge < -0.3 is 14.9 Å². The summed E-state index contributed by atoms with van der Waals surface area (Å²) in [6, 6.07) is 4.13. The highest BCUT2D eigenvalue weighted by atomic mass is 79.9. The zero-order valence-corrected chi connectivity index (χ0v) is 24.9. The van der Waals surface area contributed by atoms with Crippen LogP contribution in [-0.4, -0.2) is 49.9 Å². The number of nitrogen functional groups attached to an aromatic ring is 1. The fourth-order valence-electron chi connectivity index (χ4n) is 3.76. The quantitative estimate of drug-likeness (QED) is 0.193. The molecule has 2 atom stereocenters. The van der Waals surface area contributed by atoms with Gasteiger partial charge in [-0.25, -0.2) is 24.6 Å². The number of nitrogens with one attached hydrogen (secondary N) is 1. The number of halogens is 2. The van der Waals surface area contributed by atoms with E-state index in [1.54, 1.807) is 6.07 Å². The summed E-state index contributed by atoms with van der Waals surface area (Å²) < 4.78 is 25.5. The molecule has 2 aromatic rings. The maximum Gasteiger partial charge on any atom is 0.333 e. The topological polar surface area (TPSA) is 121 Å². The number of ether oxygens (including phenoxy) is 1. The van der Waals surface area contributed by atoms with Gasteiger partial charge in [0, 0.05) is 17.3 Å². The first-order chi connectivity index (χ1) is 17.2. The van der Waals surface area contributed by atoms with E-state index in [0.717, 1.165) is 5.56 Å². The predicted octanol–water partition coefficient (Wildman–Crippen LogP) is 4.79. The van der Waals surface area contributed by atoms with Gasteiger partial charge in [-0.05, 0) is 42.8 Å². The van der Waals surface area contributed by atoms with Gasteiger partial charge in [-0.2, -0.15) is 0 Å². The van der Waals surface area contributed by atoms with Gasteiger partial charge >= 0.3 is 5.97 Å². The van der Waals surface area contributed by atoms with E-state index in [1.165, 1.54) is 19.2 Å². The molecule has 0 aliphatic carbocycles. The molecule has 0 fully saturated rings. The van der Waals surface area contributed by atoms with E-state index in [9.17, 15) is 9.18 Å². The van der Waals surface area contributed by atoms with Gasteiger partial charge in [-0.1, -0.05) is 42.8 Å². The molecule has 0 unspecified atom stereocenters. The Bertz CT molecular complexity index is 1190. The van der Waals surface area contributed by atoms with Crippen molar-refractivity contribution in [3.63, 3.8) is 0 Å². The zero-order valence-electron chi connectivity index (χ0n) is 22.3. The van der Waals surface area contributed by atoms with Crippen LogP contribution in [0.3, 0.4) is 0 Å². The maximum absolute atomic E-state index is 13.7. The van der Waals surface area contributed by atoms with Crippen molar-refractivity contribution in [3.05, 3.63) is 51.0 Å². The fourth-order valence-corrected chi connectivity index (χ4v) is 5.66. The van der Waals surface area contributed by atoms with Crippen LogP contribution >= 0.6 is 15.9 Å². The van der Waals surface area contributed by atoms with Crippen molar-refractivity contribution in [2.45, 2.75) is 70.8 Å². The molecule has 3 rings (SSSR count). The monoisotopic (exact) mass is 595 g/mol. The maximum atomic E-state index is 13.7. The Morgan fingerprint density at radius 2 is 2.03 bits per heavy atom. The van der Waals surface area contributed by atoms with Crippen LogP contribution in [0.2, 0.25) is 18.1 Å². The summed E-state index contributed by atoms with van der Waals surface area (Å²) in [6.45, 7) is 12.5. The van der Waals surface area contributed by atoms with Gasteiger partial charge in [0.25, 0.3) is 0 Å². The first-order valence-corrected chi connectivity index (χ1v) is 15.7. The molecule has 1 aromatic carbocycles. The first kappa shape index (κ1) is 29.1. The highest BCUT2D eigenvalue weighted by Gasteiger charge is 2.41. The van der Waals surface area contributed by atoms with Crippen molar-refractivity contribution in [1.29, 1.82) is 0 Å². The second-order valence-corrected chi connectivity index (χ2v) is 16.1. The molecule has 1 aromatic heterocycles. The number of amidine groups is 1. The molecule has 9 nitrogen and oxygen atoms in total. The van der Waals surface area contributed by atoms with Gasteiger partial charge in [0.2, 0.25) is 5.95 Å². The number of methoxy groups -OCH3 is 1. The number of carbonyl (C=O) groups excluding carboxylic acids is 1. The number of esters is 1. The number of benzene rings is 1. The number of nitrogens with zero attached hydrogens (tertiary/aromatic N) is 3. The smallest absolute Gasteiger partial charge is 0.333 e. The number of aliphatic imine (C=N–C) groups is 1. The molecule has 1 aliphatic rings. The van der Waals surface area contributed by atoms with Crippen LogP contribution in [0.1, 0.15) is 55.7 Å². The molecular formula is C25H35BrFN5O4Si. The van der Waals surface area contributed by atoms with E-state index in [4.69, 9.17) is 24.7 Å². The number of rotatable bonds is 8. The predicted molar refractivity (Wildman–Crippen MR) is 146 cm³/mol. The van der Waals surface area contributed by atoms with Crippen molar-refractivity contribution in [1.82, 2.24) is 15.4 Å². The number of fused-ring (bicyclic) bond motifs is 1. The molecular weight excluding hydrogens is 561 g/mol. The minimum absolute atomic E-state index is 0.0675. The Morgan fingerprint density at radius 1 is 1.32 bits per heavy atom. The van der Waals surface area contributed by atoms with E-state index in [-0.39, 0.29) is 35.9 Å². The van der Waals surface area contributed by atoms with Crippen LogP contribution in [0.4, 0.5) is 10.3 Å². The lowest BCUT2D eigenvalue weighted by Gasteiger charge is -2.38. The van der Waals surface area contributed by atoms with E-state index >= 15 is 0 Å². The lowest BCUT2D eigenvalue weighted by Crippen LogP contribution is -2.46. The lowest BCUT2D eigenvalue weighted by molar-refractivity contribution is -0.150. The van der Waals surface area contributed by atoms with Crippen molar-refractivity contribution in [2.24, 2.45) is 4.99 Å². The fraction of sp³-hybridized carbons (Fsp3) is 0.520. The molecule has 0 radical (unpaired) electrons. The number of anilines is 1. The summed E-state index contributed by atoms with van der Waals surface area (Å²) in [5, 5.41) is -0.0675. The molecule has 0 saturated carbocycles. The number of carbonyl (C=O) groups is 1. The lowest BCUT2D eigenvalue weighted by atomic mass is 9.95. The average Bonchev–Trinajstić information content (AvgIpc) is 2.78. The standard InChI is InChI=1S/C25H35BrFN5O4Si/c1-14-21-19(31-24(28)29-14)13-18(16-9-8-15(27)12-17(16)26)30-22(21)32-35-11-10-20(23(33)34-5)36-37(6,7)25(2,3)4/h8-9,12,18,20H,10-11,13H2,1-7H3,(H,30,32)(H2,28,29,31)/t18-,20+/m1/s1. The molecule has 2 heterocycles. The van der Waals surface area contributed by atoms with Gasteiger partial charge in [-0.3, -0.25) is 9.83 Å². The van der Waals surface area contributed by atoms with Gasteiger partial charge in [-0.15, -0.1) is 0 Å². The van der Waals surface area contributed by atoms with Crippen LogP contribution in [0.5, 0.6) is 0 Å². The Morgan fingerprint density at radius 3 is 2.65 bits per heavy atom. The zero-order chi connectivity index (χ0) is 27.5.